The highest BCUT2D eigenvalue weighted by Crippen LogP contribution is 2.21. The molecular formula is C22H24N2O3. The van der Waals surface area contributed by atoms with E-state index in [2.05, 4.69) is 28.8 Å². The first kappa shape index (κ1) is 18.7. The third-order valence-electron chi connectivity index (χ3n) is 4.52. The van der Waals surface area contributed by atoms with Crippen molar-refractivity contribution in [2.45, 2.75) is 12.6 Å². The van der Waals surface area contributed by atoms with Crippen LogP contribution in [0.2, 0.25) is 0 Å². The molecule has 27 heavy (non-hydrogen) atoms. The lowest BCUT2D eigenvalue weighted by molar-refractivity contribution is 0.104. The number of amides is 2. The highest BCUT2D eigenvalue weighted by Gasteiger charge is 2.13. The van der Waals surface area contributed by atoms with Gasteiger partial charge in [0.15, 0.2) is 0 Å². The number of carbonyl (C=O) groups excluding carboxylic acids is 1. The van der Waals surface area contributed by atoms with Crippen LogP contribution in [0.4, 0.5) is 4.79 Å². The third-order valence-corrected chi connectivity index (χ3v) is 4.52. The fraction of sp³-hybridized carbons (Fsp3) is 0.227. The van der Waals surface area contributed by atoms with Crippen LogP contribution in [0.25, 0.3) is 10.8 Å². The number of carbonyl (C=O) groups is 1. The van der Waals surface area contributed by atoms with Crippen molar-refractivity contribution in [3.63, 3.8) is 0 Å². The number of rotatable bonds is 7. The lowest BCUT2D eigenvalue weighted by atomic mass is 10.0. The first-order valence-electron chi connectivity index (χ1n) is 8.86. The van der Waals surface area contributed by atoms with Gasteiger partial charge in [0.2, 0.25) is 0 Å². The maximum absolute atomic E-state index is 12.2. The number of fused-ring (bicyclic) bond motifs is 1. The van der Waals surface area contributed by atoms with Gasteiger partial charge in [-0.2, -0.15) is 0 Å². The summed E-state index contributed by atoms with van der Waals surface area (Å²) in [6.07, 6.45) is -0.247. The Morgan fingerprint density at radius 1 is 0.963 bits per heavy atom. The van der Waals surface area contributed by atoms with E-state index in [4.69, 9.17) is 9.47 Å². The summed E-state index contributed by atoms with van der Waals surface area (Å²) in [6.45, 7) is 0.828. The van der Waals surface area contributed by atoms with E-state index in [1.54, 1.807) is 14.2 Å². The van der Waals surface area contributed by atoms with Crippen molar-refractivity contribution in [3.05, 3.63) is 77.9 Å². The maximum atomic E-state index is 12.2. The molecule has 1 unspecified atom stereocenters. The van der Waals surface area contributed by atoms with Gasteiger partial charge in [0.05, 0.1) is 13.2 Å². The van der Waals surface area contributed by atoms with E-state index in [1.807, 2.05) is 48.5 Å². The second-order valence-electron chi connectivity index (χ2n) is 6.20. The normalized spacial score (nSPS) is 11.8. The minimum Gasteiger partial charge on any atom is -0.497 e. The number of hydrogen-bond acceptors (Lipinski definition) is 3. The van der Waals surface area contributed by atoms with Crippen LogP contribution >= 0.6 is 0 Å². The van der Waals surface area contributed by atoms with E-state index < -0.39 is 0 Å². The summed E-state index contributed by atoms with van der Waals surface area (Å²) < 4.78 is 10.8. The molecule has 3 aromatic rings. The SMILES string of the molecule is COc1cccc(C(CNC(=O)NCc2cccc3ccccc23)OC)c1. The lowest BCUT2D eigenvalue weighted by Crippen LogP contribution is -2.37. The number of methoxy groups -OCH3 is 2. The summed E-state index contributed by atoms with van der Waals surface area (Å²) in [6, 6.07) is 21.6. The van der Waals surface area contributed by atoms with Gasteiger partial charge < -0.3 is 20.1 Å². The van der Waals surface area contributed by atoms with Crippen molar-refractivity contribution in [1.82, 2.24) is 10.6 Å². The predicted octanol–water partition coefficient (Wildman–Crippen LogP) is 4.04. The van der Waals surface area contributed by atoms with E-state index in [-0.39, 0.29) is 12.1 Å². The van der Waals surface area contributed by atoms with E-state index in [0.29, 0.717) is 13.1 Å². The van der Waals surface area contributed by atoms with Crippen LogP contribution in [0.15, 0.2) is 66.7 Å². The molecule has 3 rings (SSSR count). The van der Waals surface area contributed by atoms with Gasteiger partial charge in [0, 0.05) is 20.2 Å². The number of benzene rings is 3. The Balaban J connectivity index is 1.57. The molecule has 0 saturated carbocycles. The number of nitrogens with one attached hydrogen (secondary N) is 2. The molecule has 0 aliphatic heterocycles. The first-order chi connectivity index (χ1) is 13.2. The molecule has 1 atom stereocenters. The molecule has 3 aromatic carbocycles. The van der Waals surface area contributed by atoms with Crippen molar-refractivity contribution in [3.8, 4) is 5.75 Å². The third kappa shape index (κ3) is 4.77. The average molecular weight is 364 g/mol. The molecule has 0 spiro atoms. The van der Waals surface area contributed by atoms with Crippen molar-refractivity contribution in [1.29, 1.82) is 0 Å². The summed E-state index contributed by atoms with van der Waals surface area (Å²) in [4.78, 5) is 12.2. The average Bonchev–Trinajstić information content (AvgIpc) is 2.72. The molecule has 0 aliphatic rings. The van der Waals surface area contributed by atoms with Gasteiger partial charge in [0.1, 0.15) is 5.75 Å². The Hall–Kier alpha value is -3.05. The Labute approximate surface area is 159 Å². The standard InChI is InChI=1S/C22H24N2O3/c1-26-19-11-6-9-17(13-19)21(27-2)15-24-22(25)23-14-18-10-5-8-16-7-3-4-12-20(16)18/h3-13,21H,14-15H2,1-2H3,(H2,23,24,25). The van der Waals surface area contributed by atoms with Crippen LogP contribution in [0.3, 0.4) is 0 Å². The highest BCUT2D eigenvalue weighted by atomic mass is 16.5. The van der Waals surface area contributed by atoms with Gasteiger partial charge >= 0.3 is 6.03 Å². The van der Waals surface area contributed by atoms with Gasteiger partial charge in [-0.25, -0.2) is 4.79 Å². The van der Waals surface area contributed by atoms with Crippen molar-refractivity contribution in [2.24, 2.45) is 0 Å². The van der Waals surface area contributed by atoms with E-state index in [0.717, 1.165) is 27.6 Å². The number of hydrogen-bond donors (Lipinski definition) is 2. The zero-order valence-corrected chi connectivity index (χ0v) is 15.6. The fourth-order valence-corrected chi connectivity index (χ4v) is 3.05. The van der Waals surface area contributed by atoms with Crippen molar-refractivity contribution >= 4 is 16.8 Å². The summed E-state index contributed by atoms with van der Waals surface area (Å²) >= 11 is 0. The molecule has 0 fully saturated rings. The van der Waals surface area contributed by atoms with Crippen LogP contribution in [0.1, 0.15) is 17.2 Å². The molecule has 0 saturated heterocycles. The topological polar surface area (TPSA) is 59.6 Å². The second-order valence-corrected chi connectivity index (χ2v) is 6.20. The zero-order chi connectivity index (χ0) is 19.1. The van der Waals surface area contributed by atoms with Gasteiger partial charge in [0.25, 0.3) is 0 Å². The molecule has 0 aliphatic carbocycles. The minimum atomic E-state index is -0.247. The number of urea groups is 1. The number of ether oxygens (including phenoxy) is 2. The molecule has 0 bridgehead atoms. The van der Waals surface area contributed by atoms with Crippen LogP contribution in [-0.2, 0) is 11.3 Å². The molecule has 0 heterocycles. The van der Waals surface area contributed by atoms with Gasteiger partial charge in [-0.1, -0.05) is 54.6 Å². The Kier molecular flexibility index (Phi) is 6.28. The van der Waals surface area contributed by atoms with Crippen LogP contribution in [0, 0.1) is 0 Å². The first-order valence-corrected chi connectivity index (χ1v) is 8.86. The minimum absolute atomic E-state index is 0.229. The Bertz CT molecular complexity index is 905. The lowest BCUT2D eigenvalue weighted by Gasteiger charge is -2.17. The summed E-state index contributed by atoms with van der Waals surface area (Å²) in [5, 5.41) is 8.09. The van der Waals surface area contributed by atoms with Gasteiger partial charge in [-0.3, -0.25) is 0 Å². The summed E-state index contributed by atoms with van der Waals surface area (Å²) in [7, 11) is 3.25. The molecular weight excluding hydrogens is 340 g/mol. The monoisotopic (exact) mass is 364 g/mol. The van der Waals surface area contributed by atoms with Crippen LogP contribution in [-0.4, -0.2) is 26.8 Å². The molecule has 140 valence electrons. The molecule has 2 amide bonds. The second kappa shape index (κ2) is 9.05. The van der Waals surface area contributed by atoms with Crippen molar-refractivity contribution < 1.29 is 14.3 Å². The fourth-order valence-electron chi connectivity index (χ4n) is 3.05. The molecule has 0 radical (unpaired) electrons. The van der Waals surface area contributed by atoms with E-state index in [9.17, 15) is 4.79 Å². The maximum Gasteiger partial charge on any atom is 0.315 e. The van der Waals surface area contributed by atoms with E-state index >= 15 is 0 Å². The van der Waals surface area contributed by atoms with Crippen molar-refractivity contribution in [2.75, 3.05) is 20.8 Å². The summed E-state index contributed by atoms with van der Waals surface area (Å²) in [5.41, 5.74) is 2.03. The molecule has 5 heteroatoms. The smallest absolute Gasteiger partial charge is 0.315 e. The predicted molar refractivity (Wildman–Crippen MR) is 107 cm³/mol. The zero-order valence-electron chi connectivity index (χ0n) is 15.6. The molecule has 2 N–H and O–H groups in total. The largest absolute Gasteiger partial charge is 0.497 e. The summed E-state index contributed by atoms with van der Waals surface area (Å²) in [5.74, 6) is 0.759. The molecule has 0 aromatic heterocycles. The quantitative estimate of drug-likeness (QED) is 0.665. The van der Waals surface area contributed by atoms with Gasteiger partial charge in [-0.05, 0) is 34.0 Å². The Morgan fingerprint density at radius 3 is 2.56 bits per heavy atom. The molecule has 5 nitrogen and oxygen atoms in total. The van der Waals surface area contributed by atoms with Crippen LogP contribution in [0.5, 0.6) is 5.75 Å². The van der Waals surface area contributed by atoms with E-state index in [1.165, 1.54) is 0 Å². The Morgan fingerprint density at radius 2 is 1.74 bits per heavy atom. The van der Waals surface area contributed by atoms with Gasteiger partial charge in [-0.15, -0.1) is 0 Å². The highest BCUT2D eigenvalue weighted by molar-refractivity contribution is 5.86. The van der Waals surface area contributed by atoms with Crippen LogP contribution < -0.4 is 15.4 Å².